The highest BCUT2D eigenvalue weighted by atomic mass is 35.5. The zero-order valence-electron chi connectivity index (χ0n) is 14.3. The van der Waals surface area contributed by atoms with Gasteiger partial charge in [0.05, 0.1) is 17.4 Å². The van der Waals surface area contributed by atoms with Crippen molar-refractivity contribution in [2.75, 3.05) is 11.9 Å². The summed E-state index contributed by atoms with van der Waals surface area (Å²) in [5.74, 6) is 0. The third-order valence-corrected chi connectivity index (χ3v) is 4.79. The van der Waals surface area contributed by atoms with Crippen molar-refractivity contribution in [1.82, 2.24) is 24.6 Å². The minimum absolute atomic E-state index is 0.746. The summed E-state index contributed by atoms with van der Waals surface area (Å²) < 4.78 is 1.80. The van der Waals surface area contributed by atoms with Gasteiger partial charge in [-0.2, -0.15) is 5.10 Å². The maximum Gasteiger partial charge on any atom is 0.136 e. The van der Waals surface area contributed by atoms with Crippen LogP contribution in [0.2, 0.25) is 5.02 Å². The molecule has 0 amide bonds. The molecule has 4 aromatic heterocycles. The summed E-state index contributed by atoms with van der Waals surface area (Å²) in [5.41, 5.74) is 5.52. The molecule has 1 aromatic carbocycles. The van der Waals surface area contributed by atoms with Gasteiger partial charge in [-0.15, -0.1) is 0 Å². The maximum atomic E-state index is 6.09. The summed E-state index contributed by atoms with van der Waals surface area (Å²) in [6, 6.07) is 9.83. The van der Waals surface area contributed by atoms with Crippen LogP contribution in [0.15, 0.2) is 61.3 Å². The van der Waals surface area contributed by atoms with Gasteiger partial charge >= 0.3 is 0 Å². The number of fused-ring (bicyclic) bond motifs is 4. The Balaban J connectivity index is 1.60. The molecular weight excluding hydrogens is 360 g/mol. The third-order valence-electron chi connectivity index (χ3n) is 4.55. The summed E-state index contributed by atoms with van der Waals surface area (Å²) in [6.45, 7) is 0.746. The Labute approximate surface area is 159 Å². The molecule has 27 heavy (non-hydrogen) atoms. The monoisotopic (exact) mass is 374 g/mol. The minimum atomic E-state index is 0.746. The largest absolute Gasteiger partial charge is 0.382 e. The van der Waals surface area contributed by atoms with Gasteiger partial charge in [0.25, 0.3) is 0 Å². The number of pyridine rings is 2. The van der Waals surface area contributed by atoms with E-state index in [-0.39, 0.29) is 0 Å². The molecule has 0 saturated carbocycles. The highest BCUT2D eigenvalue weighted by Gasteiger charge is 2.15. The number of nitrogens with zero attached hydrogens (tertiary/aromatic N) is 5. The van der Waals surface area contributed by atoms with Crippen molar-refractivity contribution in [1.29, 1.82) is 0 Å². The van der Waals surface area contributed by atoms with Crippen molar-refractivity contribution >= 4 is 44.7 Å². The van der Waals surface area contributed by atoms with E-state index in [9.17, 15) is 0 Å². The minimum Gasteiger partial charge on any atom is -0.382 e. The quantitative estimate of drug-likeness (QED) is 0.512. The van der Waals surface area contributed by atoms with Crippen LogP contribution >= 0.6 is 11.6 Å². The number of hydrogen-bond donors (Lipinski definition) is 1. The topological polar surface area (TPSA) is 68.0 Å². The van der Waals surface area contributed by atoms with Crippen LogP contribution in [-0.2, 0) is 6.42 Å². The molecule has 0 atom stereocenters. The lowest BCUT2D eigenvalue weighted by Crippen LogP contribution is -2.06. The fourth-order valence-electron chi connectivity index (χ4n) is 3.30. The SMILES string of the molecule is Clc1cccc(CCNc2c3cnccc3nc3c2nn2ccncc32)c1. The summed E-state index contributed by atoms with van der Waals surface area (Å²) in [4.78, 5) is 13.3. The van der Waals surface area contributed by atoms with Crippen molar-refractivity contribution in [3.63, 3.8) is 0 Å². The predicted molar refractivity (Wildman–Crippen MR) is 107 cm³/mol. The Morgan fingerprint density at radius 2 is 1.96 bits per heavy atom. The van der Waals surface area contributed by atoms with Crippen molar-refractivity contribution < 1.29 is 0 Å². The van der Waals surface area contributed by atoms with Crippen molar-refractivity contribution in [3.8, 4) is 0 Å². The van der Waals surface area contributed by atoms with Crippen molar-refractivity contribution in [2.24, 2.45) is 0 Å². The van der Waals surface area contributed by atoms with Gasteiger partial charge in [-0.25, -0.2) is 9.50 Å². The highest BCUT2D eigenvalue weighted by Crippen LogP contribution is 2.31. The number of benzene rings is 1. The first-order chi connectivity index (χ1) is 13.3. The zero-order chi connectivity index (χ0) is 18.2. The summed E-state index contributed by atoms with van der Waals surface area (Å²) in [5, 5.41) is 9.95. The Morgan fingerprint density at radius 1 is 1.04 bits per heavy atom. The average Bonchev–Trinajstić information content (AvgIpc) is 3.06. The molecule has 0 fully saturated rings. The van der Waals surface area contributed by atoms with E-state index in [1.54, 1.807) is 23.1 Å². The van der Waals surface area contributed by atoms with Crippen LogP contribution in [0, 0.1) is 0 Å². The second-order valence-electron chi connectivity index (χ2n) is 6.29. The number of nitrogens with one attached hydrogen (secondary N) is 1. The molecule has 5 aromatic rings. The first-order valence-electron chi connectivity index (χ1n) is 8.64. The van der Waals surface area contributed by atoms with E-state index < -0.39 is 0 Å². The molecule has 0 saturated heterocycles. The molecule has 5 rings (SSSR count). The van der Waals surface area contributed by atoms with E-state index in [0.29, 0.717) is 0 Å². The Kier molecular flexibility index (Phi) is 3.83. The molecule has 0 bridgehead atoms. The van der Waals surface area contributed by atoms with Gasteiger partial charge < -0.3 is 5.32 Å². The van der Waals surface area contributed by atoms with Gasteiger partial charge in [-0.1, -0.05) is 23.7 Å². The summed E-state index contributed by atoms with van der Waals surface area (Å²) in [7, 11) is 0. The Bertz CT molecular complexity index is 1280. The standard InChI is InChI=1S/C20H15ClN6/c21-14-3-1-2-13(10-14)4-7-24-18-15-11-22-6-5-16(15)25-19-17-12-23-8-9-27(17)26-20(18)19/h1-3,5-6,8-12,24H,4,7H2. The first kappa shape index (κ1) is 16.0. The molecule has 1 N–H and O–H groups in total. The fourth-order valence-corrected chi connectivity index (χ4v) is 3.51. The lowest BCUT2D eigenvalue weighted by atomic mass is 10.1. The predicted octanol–water partition coefficient (Wildman–Crippen LogP) is 4.13. The van der Waals surface area contributed by atoms with E-state index in [1.807, 2.05) is 36.7 Å². The first-order valence-corrected chi connectivity index (χ1v) is 9.01. The van der Waals surface area contributed by atoms with E-state index in [4.69, 9.17) is 21.7 Å². The molecule has 4 heterocycles. The van der Waals surface area contributed by atoms with E-state index in [2.05, 4.69) is 21.4 Å². The van der Waals surface area contributed by atoms with Gasteiger partial charge in [0.1, 0.15) is 16.6 Å². The normalized spacial score (nSPS) is 11.4. The van der Waals surface area contributed by atoms with E-state index in [1.165, 1.54) is 5.56 Å². The number of anilines is 1. The molecule has 0 radical (unpaired) electrons. The van der Waals surface area contributed by atoms with Crippen molar-refractivity contribution in [2.45, 2.75) is 6.42 Å². The number of rotatable bonds is 4. The van der Waals surface area contributed by atoms with Gasteiger partial charge in [-0.3, -0.25) is 9.97 Å². The molecule has 6 nitrogen and oxygen atoms in total. The van der Waals surface area contributed by atoms with Gasteiger partial charge in [-0.05, 0) is 30.2 Å². The Morgan fingerprint density at radius 3 is 2.89 bits per heavy atom. The highest BCUT2D eigenvalue weighted by molar-refractivity contribution is 6.30. The molecule has 132 valence electrons. The smallest absolute Gasteiger partial charge is 0.136 e. The summed E-state index contributed by atoms with van der Waals surface area (Å²) in [6.07, 6.45) is 9.75. The van der Waals surface area contributed by atoms with Gasteiger partial charge in [0.15, 0.2) is 0 Å². The Hall–Kier alpha value is -3.25. The van der Waals surface area contributed by atoms with Crippen LogP contribution in [0.25, 0.3) is 27.5 Å². The molecule has 0 unspecified atom stereocenters. The van der Waals surface area contributed by atoms with E-state index in [0.717, 1.165) is 51.1 Å². The maximum absolute atomic E-state index is 6.09. The molecule has 7 heteroatoms. The molecule has 0 spiro atoms. The molecule has 0 aliphatic carbocycles. The summed E-state index contributed by atoms with van der Waals surface area (Å²) >= 11 is 6.09. The van der Waals surface area contributed by atoms with E-state index >= 15 is 0 Å². The average molecular weight is 375 g/mol. The molecule has 0 aliphatic rings. The number of halogens is 1. The lowest BCUT2D eigenvalue weighted by molar-refractivity contribution is 0.962. The number of hydrogen-bond acceptors (Lipinski definition) is 5. The van der Waals surface area contributed by atoms with Crippen molar-refractivity contribution in [3.05, 3.63) is 71.9 Å². The van der Waals surface area contributed by atoms with Crippen LogP contribution in [-0.4, -0.2) is 31.1 Å². The van der Waals surface area contributed by atoms with Crippen LogP contribution < -0.4 is 5.32 Å². The second kappa shape index (κ2) is 6.48. The zero-order valence-corrected chi connectivity index (χ0v) is 15.1. The lowest BCUT2D eigenvalue weighted by Gasteiger charge is -2.10. The molecular formula is C20H15ClN6. The van der Waals surface area contributed by atoms with Crippen LogP contribution in [0.5, 0.6) is 0 Å². The van der Waals surface area contributed by atoms with Crippen LogP contribution in [0.4, 0.5) is 5.69 Å². The molecule has 0 aliphatic heterocycles. The van der Waals surface area contributed by atoms with Gasteiger partial charge in [0, 0.05) is 41.7 Å². The fraction of sp³-hybridized carbons (Fsp3) is 0.100. The number of aromatic nitrogens is 5. The van der Waals surface area contributed by atoms with Crippen LogP contribution in [0.3, 0.4) is 0 Å². The van der Waals surface area contributed by atoms with Crippen LogP contribution in [0.1, 0.15) is 5.56 Å². The van der Waals surface area contributed by atoms with Gasteiger partial charge in [0.2, 0.25) is 0 Å². The third kappa shape index (κ3) is 2.84. The second-order valence-corrected chi connectivity index (χ2v) is 6.73.